The van der Waals surface area contributed by atoms with E-state index in [0.29, 0.717) is 23.4 Å². The van der Waals surface area contributed by atoms with E-state index in [1.807, 2.05) is 6.92 Å². The van der Waals surface area contributed by atoms with Gasteiger partial charge in [0, 0.05) is 23.4 Å². The third-order valence-corrected chi connectivity index (χ3v) is 5.36. The number of fused-ring (bicyclic) bond motifs is 1. The predicted molar refractivity (Wildman–Crippen MR) is 104 cm³/mol. The monoisotopic (exact) mass is 440 g/mol. The molecule has 0 fully saturated rings. The Morgan fingerprint density at radius 3 is 2.52 bits per heavy atom. The first kappa shape index (κ1) is 19.7. The predicted octanol–water partition coefficient (Wildman–Crippen LogP) is 6.41. The summed E-state index contributed by atoms with van der Waals surface area (Å²) in [7, 11) is 0. The van der Waals surface area contributed by atoms with E-state index in [2.05, 4.69) is 15.2 Å². The zero-order valence-electron chi connectivity index (χ0n) is 15.2. The van der Waals surface area contributed by atoms with Gasteiger partial charge in [0.15, 0.2) is 0 Å². The molecule has 150 valence electrons. The van der Waals surface area contributed by atoms with Gasteiger partial charge in [-0.3, -0.25) is 4.68 Å². The zero-order valence-corrected chi connectivity index (χ0v) is 16.7. The molecule has 3 heterocycles. The van der Waals surface area contributed by atoms with Crippen LogP contribution in [0.4, 0.5) is 13.2 Å². The fourth-order valence-electron chi connectivity index (χ4n) is 3.17. The first-order valence-corrected chi connectivity index (χ1v) is 9.32. The quantitative estimate of drug-likeness (QED) is 0.369. The highest BCUT2D eigenvalue weighted by molar-refractivity contribution is 6.42. The third kappa shape index (κ3) is 3.36. The molecule has 0 saturated heterocycles. The molecule has 4 rings (SSSR count). The van der Waals surface area contributed by atoms with Gasteiger partial charge in [-0.05, 0) is 32.0 Å². The second kappa shape index (κ2) is 7.03. The number of alkyl halides is 3. The van der Waals surface area contributed by atoms with Crippen molar-refractivity contribution in [1.82, 2.24) is 19.9 Å². The fraction of sp³-hybridized carbons (Fsp3) is 0.211. The van der Waals surface area contributed by atoms with Gasteiger partial charge < -0.3 is 4.52 Å². The van der Waals surface area contributed by atoms with Crippen LogP contribution < -0.4 is 0 Å². The lowest BCUT2D eigenvalue weighted by molar-refractivity contribution is -0.136. The highest BCUT2D eigenvalue weighted by Gasteiger charge is 2.37. The Morgan fingerprint density at radius 2 is 1.90 bits per heavy atom. The van der Waals surface area contributed by atoms with Gasteiger partial charge in [0.2, 0.25) is 0 Å². The van der Waals surface area contributed by atoms with Gasteiger partial charge in [0.25, 0.3) is 5.71 Å². The number of aromatic nitrogens is 4. The third-order valence-electron chi connectivity index (χ3n) is 4.62. The molecule has 0 atom stereocenters. The molecule has 3 aromatic heterocycles. The molecule has 0 spiro atoms. The van der Waals surface area contributed by atoms with Gasteiger partial charge in [-0.2, -0.15) is 18.3 Å². The number of aryl methyl sites for hydroxylation is 1. The molecule has 0 N–H and O–H groups in total. The molecule has 4 aromatic rings. The van der Waals surface area contributed by atoms with Crippen molar-refractivity contribution < 1.29 is 17.7 Å². The van der Waals surface area contributed by atoms with Gasteiger partial charge in [0.1, 0.15) is 5.69 Å². The first-order chi connectivity index (χ1) is 13.7. The molecule has 5 nitrogen and oxygen atoms in total. The second-order valence-electron chi connectivity index (χ2n) is 6.35. The van der Waals surface area contributed by atoms with Crippen molar-refractivity contribution >= 4 is 34.3 Å². The Balaban J connectivity index is 1.99. The van der Waals surface area contributed by atoms with Crippen molar-refractivity contribution in [2.45, 2.75) is 26.6 Å². The number of nitrogens with zero attached hydrogens (tertiary/aromatic N) is 4. The Labute approximate surface area is 173 Å². The molecular weight excluding hydrogens is 428 g/mol. The number of hydrogen-bond donors (Lipinski definition) is 0. The Hall–Kier alpha value is -2.58. The maximum atomic E-state index is 13.9. The average Bonchev–Trinajstić information content (AvgIpc) is 3.25. The van der Waals surface area contributed by atoms with Crippen LogP contribution in [0.25, 0.3) is 33.6 Å². The van der Waals surface area contributed by atoms with Crippen LogP contribution in [0, 0.1) is 6.92 Å². The molecule has 0 bridgehead atoms. The van der Waals surface area contributed by atoms with E-state index in [1.165, 1.54) is 24.4 Å². The lowest BCUT2D eigenvalue weighted by Gasteiger charge is -2.11. The molecule has 0 unspecified atom stereocenters. The minimum Gasteiger partial charge on any atom is -0.335 e. The number of pyridine rings is 1. The van der Waals surface area contributed by atoms with Gasteiger partial charge in [-0.1, -0.05) is 34.4 Å². The fourth-order valence-corrected chi connectivity index (χ4v) is 3.47. The molecule has 10 heteroatoms. The van der Waals surface area contributed by atoms with Crippen LogP contribution in [0.5, 0.6) is 0 Å². The van der Waals surface area contributed by atoms with E-state index >= 15 is 0 Å². The summed E-state index contributed by atoms with van der Waals surface area (Å²) < 4.78 is 48.7. The van der Waals surface area contributed by atoms with Crippen molar-refractivity contribution in [3.8, 4) is 22.5 Å². The van der Waals surface area contributed by atoms with Crippen LogP contribution in [0.2, 0.25) is 10.0 Å². The summed E-state index contributed by atoms with van der Waals surface area (Å²) in [6.45, 7) is 4.25. The van der Waals surface area contributed by atoms with E-state index in [0.717, 1.165) is 6.07 Å². The van der Waals surface area contributed by atoms with Crippen molar-refractivity contribution in [2.24, 2.45) is 0 Å². The number of rotatable bonds is 3. The highest BCUT2D eigenvalue weighted by Crippen LogP contribution is 2.41. The lowest BCUT2D eigenvalue weighted by Crippen LogP contribution is -2.07. The van der Waals surface area contributed by atoms with Crippen molar-refractivity contribution in [3.63, 3.8) is 0 Å². The van der Waals surface area contributed by atoms with Crippen LogP contribution in [0.15, 0.2) is 35.0 Å². The van der Waals surface area contributed by atoms with Crippen LogP contribution in [0.3, 0.4) is 0 Å². The molecular formula is C19H13Cl2F3N4O. The van der Waals surface area contributed by atoms with Gasteiger partial charge in [-0.25, -0.2) is 4.98 Å². The zero-order chi connectivity index (χ0) is 20.9. The molecule has 0 saturated carbocycles. The van der Waals surface area contributed by atoms with Gasteiger partial charge >= 0.3 is 6.18 Å². The van der Waals surface area contributed by atoms with Gasteiger partial charge in [0.05, 0.1) is 32.9 Å². The maximum Gasteiger partial charge on any atom is 0.417 e. The standard InChI is InChI=1S/C19H13Cl2F3N4O/c1-3-28-9(2)11(8-25-28)15-7-12(19(22,23)24)16-17(27-29-18(16)26-15)10-4-5-13(20)14(21)6-10/h4-8H,3H2,1-2H3. The Bertz CT molecular complexity index is 1230. The summed E-state index contributed by atoms with van der Waals surface area (Å²) in [6.07, 6.45) is -3.16. The topological polar surface area (TPSA) is 56.7 Å². The van der Waals surface area contributed by atoms with E-state index in [-0.39, 0.29) is 32.5 Å². The molecule has 0 amide bonds. The van der Waals surface area contributed by atoms with E-state index in [9.17, 15) is 13.2 Å². The van der Waals surface area contributed by atoms with Crippen LogP contribution in [0.1, 0.15) is 18.2 Å². The van der Waals surface area contributed by atoms with E-state index in [1.54, 1.807) is 11.6 Å². The molecule has 0 aliphatic heterocycles. The number of hydrogen-bond acceptors (Lipinski definition) is 4. The van der Waals surface area contributed by atoms with Crippen LogP contribution in [-0.2, 0) is 12.7 Å². The molecule has 0 aliphatic carbocycles. The summed E-state index contributed by atoms with van der Waals surface area (Å²) >= 11 is 11.9. The summed E-state index contributed by atoms with van der Waals surface area (Å²) in [5, 5.41) is 8.24. The van der Waals surface area contributed by atoms with Crippen LogP contribution in [-0.4, -0.2) is 19.9 Å². The summed E-state index contributed by atoms with van der Waals surface area (Å²) in [5.74, 6) is 0. The molecule has 0 aliphatic rings. The minimum absolute atomic E-state index is 0.00841. The SMILES string of the molecule is CCn1ncc(-c2cc(C(F)(F)F)c3c(-c4ccc(Cl)c(Cl)c4)noc3n2)c1C. The lowest BCUT2D eigenvalue weighted by atomic mass is 10.0. The van der Waals surface area contributed by atoms with Crippen molar-refractivity contribution in [3.05, 3.63) is 51.8 Å². The second-order valence-corrected chi connectivity index (χ2v) is 7.17. The maximum absolute atomic E-state index is 13.9. The van der Waals surface area contributed by atoms with Crippen molar-refractivity contribution in [2.75, 3.05) is 0 Å². The van der Waals surface area contributed by atoms with Crippen LogP contribution >= 0.6 is 23.2 Å². The number of halogens is 5. The Morgan fingerprint density at radius 1 is 1.14 bits per heavy atom. The first-order valence-electron chi connectivity index (χ1n) is 8.56. The Kier molecular flexibility index (Phi) is 4.78. The summed E-state index contributed by atoms with van der Waals surface area (Å²) in [5.41, 5.74) is 0.518. The normalized spacial score (nSPS) is 12.1. The van der Waals surface area contributed by atoms with E-state index < -0.39 is 11.7 Å². The summed E-state index contributed by atoms with van der Waals surface area (Å²) in [6, 6.07) is 5.43. The largest absolute Gasteiger partial charge is 0.417 e. The molecule has 1 aromatic carbocycles. The average molecular weight is 441 g/mol. The minimum atomic E-state index is -4.65. The number of benzene rings is 1. The molecule has 0 radical (unpaired) electrons. The van der Waals surface area contributed by atoms with Gasteiger partial charge in [-0.15, -0.1) is 0 Å². The van der Waals surface area contributed by atoms with Crippen molar-refractivity contribution in [1.29, 1.82) is 0 Å². The smallest absolute Gasteiger partial charge is 0.335 e. The summed E-state index contributed by atoms with van der Waals surface area (Å²) in [4.78, 5) is 4.27. The molecule has 29 heavy (non-hydrogen) atoms. The highest BCUT2D eigenvalue weighted by atomic mass is 35.5. The van der Waals surface area contributed by atoms with E-state index in [4.69, 9.17) is 27.7 Å².